The van der Waals surface area contributed by atoms with E-state index >= 15 is 0 Å². The number of ether oxygens (including phenoxy) is 2. The molecule has 1 aromatic carbocycles. The van der Waals surface area contributed by atoms with Gasteiger partial charge in [0, 0.05) is 12.6 Å². The Morgan fingerprint density at radius 1 is 1.25 bits per heavy atom. The minimum Gasteiger partial charge on any atom is -0.486 e. The third kappa shape index (κ3) is 4.17. The molecule has 0 spiro atoms. The Balaban J connectivity index is 1.54. The fourth-order valence-electron chi connectivity index (χ4n) is 2.48. The van der Waals surface area contributed by atoms with Crippen LogP contribution >= 0.6 is 0 Å². The zero-order valence-electron chi connectivity index (χ0n) is 14.0. The molecule has 7 heteroatoms. The van der Waals surface area contributed by atoms with Gasteiger partial charge in [-0.25, -0.2) is 4.79 Å². The number of fused-ring (bicyclic) bond motifs is 1. The molecule has 0 aromatic heterocycles. The van der Waals surface area contributed by atoms with Crippen LogP contribution in [0.4, 0.5) is 4.79 Å². The average Bonchev–Trinajstić information content (AvgIpc) is 3.37. The number of amides is 3. The Morgan fingerprint density at radius 2 is 1.96 bits per heavy atom. The van der Waals surface area contributed by atoms with Gasteiger partial charge in [-0.15, -0.1) is 0 Å². The first kappa shape index (κ1) is 16.6. The van der Waals surface area contributed by atoms with E-state index in [1.807, 2.05) is 30.1 Å². The number of imide groups is 1. The second-order valence-electron chi connectivity index (χ2n) is 6.31. The van der Waals surface area contributed by atoms with Gasteiger partial charge in [0.25, 0.3) is 0 Å². The minimum absolute atomic E-state index is 0.226. The van der Waals surface area contributed by atoms with Crippen LogP contribution in [0, 0.1) is 0 Å². The molecule has 3 amide bonds. The summed E-state index contributed by atoms with van der Waals surface area (Å²) in [5.41, 5.74) is 1.02. The molecular formula is C17H23N3O4. The molecule has 2 aliphatic rings. The summed E-state index contributed by atoms with van der Waals surface area (Å²) in [5.74, 6) is 1.16. The lowest BCUT2D eigenvalue weighted by Gasteiger charge is -2.25. The third-order valence-corrected chi connectivity index (χ3v) is 4.23. The Hall–Kier alpha value is -2.28. The number of hydrogen-bond acceptors (Lipinski definition) is 5. The number of carbonyl (C=O) groups is 2. The van der Waals surface area contributed by atoms with Crippen molar-refractivity contribution in [1.82, 2.24) is 15.5 Å². The summed E-state index contributed by atoms with van der Waals surface area (Å²) in [6.07, 6.45) is 1.97. The molecule has 0 unspecified atom stereocenters. The van der Waals surface area contributed by atoms with E-state index < -0.39 is 12.1 Å². The Kier molecular flexibility index (Phi) is 4.89. The maximum Gasteiger partial charge on any atom is 0.321 e. The van der Waals surface area contributed by atoms with Crippen LogP contribution in [0.5, 0.6) is 11.5 Å². The fraction of sp³-hybridized carbons (Fsp3) is 0.529. The first-order valence-electron chi connectivity index (χ1n) is 8.23. The zero-order chi connectivity index (χ0) is 17.1. The number of benzene rings is 1. The highest BCUT2D eigenvalue weighted by Gasteiger charge is 2.26. The smallest absolute Gasteiger partial charge is 0.321 e. The summed E-state index contributed by atoms with van der Waals surface area (Å²) < 4.78 is 11.1. The topological polar surface area (TPSA) is 79.9 Å². The van der Waals surface area contributed by atoms with Crippen LogP contribution in [0.15, 0.2) is 18.2 Å². The van der Waals surface area contributed by atoms with Gasteiger partial charge in [-0.1, -0.05) is 6.07 Å². The highest BCUT2D eigenvalue weighted by molar-refractivity contribution is 5.96. The van der Waals surface area contributed by atoms with Crippen molar-refractivity contribution in [2.45, 2.75) is 38.4 Å². The first-order chi connectivity index (χ1) is 11.5. The Bertz CT molecular complexity index is 630. The van der Waals surface area contributed by atoms with Crippen molar-refractivity contribution in [3.8, 4) is 11.5 Å². The quantitative estimate of drug-likeness (QED) is 0.848. The first-order valence-corrected chi connectivity index (χ1v) is 8.23. The predicted octanol–water partition coefficient (Wildman–Crippen LogP) is 1.27. The van der Waals surface area contributed by atoms with Crippen LogP contribution in [0.25, 0.3) is 0 Å². The molecule has 1 saturated carbocycles. The number of carbonyl (C=O) groups excluding carboxylic acids is 2. The van der Waals surface area contributed by atoms with Gasteiger partial charge in [0.15, 0.2) is 11.5 Å². The number of hydrogen-bond donors (Lipinski definition) is 2. The molecule has 3 rings (SSSR count). The predicted molar refractivity (Wildman–Crippen MR) is 88.1 cm³/mol. The number of urea groups is 1. The van der Waals surface area contributed by atoms with Crippen LogP contribution < -0.4 is 20.1 Å². The molecule has 1 fully saturated rings. The molecule has 0 bridgehead atoms. The van der Waals surface area contributed by atoms with Crippen molar-refractivity contribution in [3.63, 3.8) is 0 Å². The van der Waals surface area contributed by atoms with E-state index in [-0.39, 0.29) is 11.9 Å². The van der Waals surface area contributed by atoms with Gasteiger partial charge >= 0.3 is 6.03 Å². The van der Waals surface area contributed by atoms with Crippen LogP contribution in [0.1, 0.15) is 25.3 Å². The number of likely N-dealkylation sites (N-methyl/N-ethyl adjacent to an activating group) is 1. The third-order valence-electron chi connectivity index (χ3n) is 4.23. The van der Waals surface area contributed by atoms with E-state index in [1.165, 1.54) is 0 Å². The average molecular weight is 333 g/mol. The van der Waals surface area contributed by atoms with Crippen molar-refractivity contribution in [2.75, 3.05) is 20.3 Å². The molecular weight excluding hydrogens is 310 g/mol. The van der Waals surface area contributed by atoms with Gasteiger partial charge in [-0.2, -0.15) is 0 Å². The van der Waals surface area contributed by atoms with Crippen molar-refractivity contribution in [2.24, 2.45) is 0 Å². The van der Waals surface area contributed by atoms with E-state index in [9.17, 15) is 9.59 Å². The summed E-state index contributed by atoms with van der Waals surface area (Å²) in [6.45, 7) is 3.45. The van der Waals surface area contributed by atoms with E-state index in [0.717, 1.165) is 29.9 Å². The van der Waals surface area contributed by atoms with Crippen LogP contribution in [-0.2, 0) is 11.3 Å². The maximum absolute atomic E-state index is 12.2. The highest BCUT2D eigenvalue weighted by atomic mass is 16.6. The number of rotatable bonds is 5. The zero-order valence-corrected chi connectivity index (χ0v) is 14.0. The van der Waals surface area contributed by atoms with E-state index in [2.05, 4.69) is 10.6 Å². The second kappa shape index (κ2) is 7.09. The van der Waals surface area contributed by atoms with E-state index in [0.29, 0.717) is 19.8 Å². The number of nitrogens with zero attached hydrogens (tertiary/aromatic N) is 1. The van der Waals surface area contributed by atoms with Crippen LogP contribution in [0.2, 0.25) is 0 Å². The normalized spacial score (nSPS) is 17.3. The molecule has 1 heterocycles. The van der Waals surface area contributed by atoms with Gasteiger partial charge < -0.3 is 14.8 Å². The highest BCUT2D eigenvalue weighted by Crippen LogP contribution is 2.31. The van der Waals surface area contributed by atoms with Gasteiger partial charge in [0.05, 0.1) is 6.04 Å². The van der Waals surface area contributed by atoms with Crippen LogP contribution in [-0.4, -0.2) is 49.2 Å². The SMILES string of the molecule is C[C@@H](C(=O)NC(=O)NC1CC1)N(C)Cc1ccc2c(c1)OCCO2. The lowest BCUT2D eigenvalue weighted by molar-refractivity contribution is -0.124. The maximum atomic E-state index is 12.2. The van der Waals surface area contributed by atoms with Gasteiger partial charge in [0.2, 0.25) is 5.91 Å². The standard InChI is InChI=1S/C17H23N3O4/c1-11(16(21)19-17(22)18-13-4-5-13)20(2)10-12-3-6-14-15(9-12)24-8-7-23-14/h3,6,9,11,13H,4-5,7-8,10H2,1-2H3,(H2,18,19,21,22)/t11-/m0/s1. The summed E-state index contributed by atoms with van der Waals surface area (Å²) in [4.78, 5) is 25.7. The molecule has 24 heavy (non-hydrogen) atoms. The monoisotopic (exact) mass is 333 g/mol. The van der Waals surface area contributed by atoms with Crippen molar-refractivity contribution in [1.29, 1.82) is 0 Å². The molecule has 0 saturated heterocycles. The van der Waals surface area contributed by atoms with Gasteiger partial charge in [-0.05, 0) is 44.5 Å². The molecule has 0 radical (unpaired) electrons. The Labute approximate surface area is 141 Å². The van der Waals surface area contributed by atoms with E-state index in [1.54, 1.807) is 6.92 Å². The van der Waals surface area contributed by atoms with Crippen molar-refractivity contribution < 1.29 is 19.1 Å². The van der Waals surface area contributed by atoms with E-state index in [4.69, 9.17) is 9.47 Å². The molecule has 130 valence electrons. The molecule has 7 nitrogen and oxygen atoms in total. The van der Waals surface area contributed by atoms with Gasteiger partial charge in [0.1, 0.15) is 13.2 Å². The minimum atomic E-state index is -0.428. The summed E-state index contributed by atoms with van der Waals surface area (Å²) in [5, 5.41) is 5.13. The lowest BCUT2D eigenvalue weighted by Crippen LogP contribution is -2.48. The second-order valence-corrected chi connectivity index (χ2v) is 6.31. The van der Waals surface area contributed by atoms with Gasteiger partial charge in [-0.3, -0.25) is 15.0 Å². The van der Waals surface area contributed by atoms with Crippen molar-refractivity contribution >= 4 is 11.9 Å². The molecule has 2 N–H and O–H groups in total. The number of nitrogens with one attached hydrogen (secondary N) is 2. The lowest BCUT2D eigenvalue weighted by atomic mass is 10.1. The van der Waals surface area contributed by atoms with Crippen LogP contribution in [0.3, 0.4) is 0 Å². The molecule has 1 aliphatic heterocycles. The molecule has 1 atom stereocenters. The summed E-state index contributed by atoms with van der Waals surface area (Å²) in [6, 6.07) is 5.14. The Morgan fingerprint density at radius 3 is 2.67 bits per heavy atom. The largest absolute Gasteiger partial charge is 0.486 e. The fourth-order valence-corrected chi connectivity index (χ4v) is 2.48. The summed E-state index contributed by atoms with van der Waals surface area (Å²) in [7, 11) is 1.85. The summed E-state index contributed by atoms with van der Waals surface area (Å²) >= 11 is 0. The molecule has 1 aliphatic carbocycles. The molecule has 1 aromatic rings. The van der Waals surface area contributed by atoms with Crippen molar-refractivity contribution in [3.05, 3.63) is 23.8 Å².